The van der Waals surface area contributed by atoms with Crippen LogP contribution in [0.1, 0.15) is 38.4 Å². The maximum Gasteiger partial charge on any atom is 0.130 e. The van der Waals surface area contributed by atoms with E-state index in [0.717, 1.165) is 24.1 Å². The largest absolute Gasteiger partial charge is 0.271 e. The van der Waals surface area contributed by atoms with Crippen molar-refractivity contribution in [2.75, 3.05) is 0 Å². The fraction of sp³-hybridized carbons (Fsp3) is 0.750. The molecule has 0 aliphatic carbocycles. The van der Waals surface area contributed by atoms with Gasteiger partial charge in [0.2, 0.25) is 0 Å². The molecule has 0 aromatic carbocycles. The Bertz CT molecular complexity index is 384. The monoisotopic (exact) mass is 258 g/mol. The van der Waals surface area contributed by atoms with Crippen LogP contribution >= 0.6 is 11.6 Å². The highest BCUT2D eigenvalue weighted by molar-refractivity contribution is 6.30. The second-order valence-electron chi connectivity index (χ2n) is 5.24. The van der Waals surface area contributed by atoms with Crippen LogP contribution in [-0.2, 0) is 13.5 Å². The van der Waals surface area contributed by atoms with E-state index in [-0.39, 0.29) is 11.5 Å². The van der Waals surface area contributed by atoms with Gasteiger partial charge < -0.3 is 0 Å². The second kappa shape index (κ2) is 5.38. The van der Waals surface area contributed by atoms with Crippen molar-refractivity contribution < 1.29 is 0 Å². The Balaban J connectivity index is 2.96. The number of aromatic nitrogens is 2. The van der Waals surface area contributed by atoms with Crippen LogP contribution in [0.5, 0.6) is 0 Å². The Morgan fingerprint density at radius 2 is 2.12 bits per heavy atom. The first-order chi connectivity index (χ1) is 7.83. The van der Waals surface area contributed by atoms with Crippen LogP contribution in [0.25, 0.3) is 0 Å². The van der Waals surface area contributed by atoms with E-state index in [0.29, 0.717) is 5.15 Å². The summed E-state index contributed by atoms with van der Waals surface area (Å²) in [6.45, 7) is 8.56. The van der Waals surface area contributed by atoms with E-state index >= 15 is 0 Å². The van der Waals surface area contributed by atoms with E-state index in [4.69, 9.17) is 17.4 Å². The molecule has 0 spiro atoms. The molecule has 17 heavy (non-hydrogen) atoms. The molecule has 0 aliphatic rings. The fourth-order valence-corrected chi connectivity index (χ4v) is 2.17. The highest BCUT2D eigenvalue weighted by Crippen LogP contribution is 2.29. The molecule has 3 N–H and O–H groups in total. The predicted molar refractivity (Wildman–Crippen MR) is 71.8 cm³/mol. The molecule has 0 bridgehead atoms. The summed E-state index contributed by atoms with van der Waals surface area (Å²) in [7, 11) is 1.86. The van der Waals surface area contributed by atoms with Crippen molar-refractivity contribution in [1.82, 2.24) is 15.2 Å². The Labute approximate surface area is 108 Å². The molecule has 1 atom stereocenters. The van der Waals surface area contributed by atoms with Gasteiger partial charge in [-0.3, -0.25) is 16.0 Å². The molecular formula is C12H23ClN4. The van der Waals surface area contributed by atoms with Crippen molar-refractivity contribution in [3.05, 3.63) is 16.4 Å². The Kier molecular flexibility index (Phi) is 4.58. The normalized spacial score (nSPS) is 14.1. The summed E-state index contributed by atoms with van der Waals surface area (Å²) in [4.78, 5) is 0. The highest BCUT2D eigenvalue weighted by Gasteiger charge is 2.29. The smallest absolute Gasteiger partial charge is 0.130 e. The van der Waals surface area contributed by atoms with Crippen LogP contribution in [0.4, 0.5) is 0 Å². The Morgan fingerprint density at radius 3 is 2.47 bits per heavy atom. The Morgan fingerprint density at radius 1 is 1.53 bits per heavy atom. The average Bonchev–Trinajstić information content (AvgIpc) is 2.51. The third-order valence-corrected chi connectivity index (χ3v) is 4.21. The molecule has 0 aliphatic heterocycles. The van der Waals surface area contributed by atoms with Crippen LogP contribution < -0.4 is 11.3 Å². The third-order valence-electron chi connectivity index (χ3n) is 3.73. The minimum Gasteiger partial charge on any atom is -0.271 e. The number of rotatable bonds is 5. The van der Waals surface area contributed by atoms with E-state index in [1.165, 1.54) is 0 Å². The topological polar surface area (TPSA) is 55.9 Å². The molecule has 0 saturated carbocycles. The van der Waals surface area contributed by atoms with E-state index in [1.54, 1.807) is 4.68 Å². The summed E-state index contributed by atoms with van der Waals surface area (Å²) >= 11 is 6.24. The van der Waals surface area contributed by atoms with Crippen LogP contribution in [-0.4, -0.2) is 15.8 Å². The molecule has 1 rings (SSSR count). The van der Waals surface area contributed by atoms with Gasteiger partial charge in [-0.2, -0.15) is 5.10 Å². The lowest BCUT2D eigenvalue weighted by Gasteiger charge is -2.33. The summed E-state index contributed by atoms with van der Waals surface area (Å²) < 4.78 is 1.71. The quantitative estimate of drug-likeness (QED) is 0.629. The minimum atomic E-state index is 0.125. The van der Waals surface area contributed by atoms with Crippen LogP contribution in [0.3, 0.4) is 0 Å². The molecule has 4 nitrogen and oxygen atoms in total. The van der Waals surface area contributed by atoms with Crippen LogP contribution in [0.2, 0.25) is 5.15 Å². The molecule has 1 unspecified atom stereocenters. The summed E-state index contributed by atoms with van der Waals surface area (Å²) in [6, 6.07) is 0.188. The number of hydrogen-bond acceptors (Lipinski definition) is 3. The van der Waals surface area contributed by atoms with Gasteiger partial charge in [0.05, 0.1) is 5.69 Å². The van der Waals surface area contributed by atoms with Gasteiger partial charge in [-0.15, -0.1) is 0 Å². The fourth-order valence-electron chi connectivity index (χ4n) is 1.92. The van der Waals surface area contributed by atoms with Crippen LogP contribution in [0.15, 0.2) is 0 Å². The van der Waals surface area contributed by atoms with E-state index in [1.807, 2.05) is 14.0 Å². The van der Waals surface area contributed by atoms with E-state index in [9.17, 15) is 0 Å². The first kappa shape index (κ1) is 14.5. The lowest BCUT2D eigenvalue weighted by molar-refractivity contribution is 0.231. The Hall–Kier alpha value is -0.580. The zero-order valence-electron chi connectivity index (χ0n) is 11.3. The van der Waals surface area contributed by atoms with Gasteiger partial charge in [0.1, 0.15) is 5.15 Å². The lowest BCUT2D eigenvalue weighted by atomic mass is 9.79. The van der Waals surface area contributed by atoms with Crippen molar-refractivity contribution in [3.8, 4) is 0 Å². The van der Waals surface area contributed by atoms with Crippen molar-refractivity contribution in [1.29, 1.82) is 0 Å². The molecular weight excluding hydrogens is 236 g/mol. The summed E-state index contributed by atoms with van der Waals surface area (Å²) in [6.07, 6.45) is 1.86. The number of nitrogens with two attached hydrogens (primary N) is 1. The molecule has 5 heteroatoms. The van der Waals surface area contributed by atoms with Gasteiger partial charge in [-0.1, -0.05) is 32.4 Å². The van der Waals surface area contributed by atoms with E-state index < -0.39 is 0 Å². The van der Waals surface area contributed by atoms with Gasteiger partial charge >= 0.3 is 0 Å². The standard InChI is InChI=1S/C12H23ClN4/c1-6-12(3,4)10(15-14)7-9-8(2)16-17(5)11(9)13/h10,15H,6-7,14H2,1-5H3. The maximum absolute atomic E-state index is 6.24. The van der Waals surface area contributed by atoms with Crippen LogP contribution in [0, 0.1) is 12.3 Å². The van der Waals surface area contributed by atoms with Crippen molar-refractivity contribution in [3.63, 3.8) is 0 Å². The minimum absolute atomic E-state index is 0.125. The number of hydrogen-bond donors (Lipinski definition) is 2. The summed E-state index contributed by atoms with van der Waals surface area (Å²) in [5.74, 6) is 5.67. The van der Waals surface area contributed by atoms with Gasteiger partial charge in [-0.25, -0.2) is 0 Å². The summed E-state index contributed by atoms with van der Waals surface area (Å²) in [5.41, 5.74) is 5.09. The molecule has 1 aromatic rings. The summed E-state index contributed by atoms with van der Waals surface area (Å²) in [5, 5.41) is 5.03. The highest BCUT2D eigenvalue weighted by atomic mass is 35.5. The molecule has 0 fully saturated rings. The SMILES string of the molecule is CCC(C)(C)C(Cc1c(C)nn(C)c1Cl)NN. The molecule has 1 heterocycles. The van der Waals surface area contributed by atoms with Gasteiger partial charge in [0.15, 0.2) is 0 Å². The van der Waals surface area contributed by atoms with Gasteiger partial charge in [0, 0.05) is 18.7 Å². The first-order valence-electron chi connectivity index (χ1n) is 5.97. The van der Waals surface area contributed by atoms with Crippen molar-refractivity contribution in [2.45, 2.75) is 46.6 Å². The van der Waals surface area contributed by atoms with E-state index in [2.05, 4.69) is 31.3 Å². The van der Waals surface area contributed by atoms with Gasteiger partial charge in [-0.05, 0) is 25.2 Å². The number of nitrogens with zero attached hydrogens (tertiary/aromatic N) is 2. The van der Waals surface area contributed by atoms with Gasteiger partial charge in [0.25, 0.3) is 0 Å². The zero-order valence-corrected chi connectivity index (χ0v) is 12.1. The number of nitrogens with one attached hydrogen (secondary N) is 1. The molecule has 1 aromatic heterocycles. The first-order valence-corrected chi connectivity index (χ1v) is 6.35. The maximum atomic E-state index is 6.24. The third kappa shape index (κ3) is 3.00. The molecule has 0 amide bonds. The molecule has 98 valence electrons. The number of hydrazine groups is 1. The average molecular weight is 259 g/mol. The van der Waals surface area contributed by atoms with Crippen molar-refractivity contribution >= 4 is 11.6 Å². The van der Waals surface area contributed by atoms with Crippen molar-refractivity contribution in [2.24, 2.45) is 18.3 Å². The zero-order chi connectivity index (χ0) is 13.2. The second-order valence-corrected chi connectivity index (χ2v) is 5.60. The lowest BCUT2D eigenvalue weighted by Crippen LogP contribution is -2.47. The number of aryl methyl sites for hydroxylation is 2. The number of halogens is 1. The predicted octanol–water partition coefficient (Wildman–Crippen LogP) is 2.19. The molecule has 0 saturated heterocycles. The molecule has 0 radical (unpaired) electrons.